The number of rotatable bonds is 4. The van der Waals surface area contributed by atoms with Crippen LogP contribution in [-0.2, 0) is 9.59 Å². The summed E-state index contributed by atoms with van der Waals surface area (Å²) in [7, 11) is 1.59. The Morgan fingerprint density at radius 2 is 1.31 bits per heavy atom. The van der Waals surface area contributed by atoms with Crippen molar-refractivity contribution in [3.63, 3.8) is 0 Å². The SMILES string of the molecule is COc1ccc(-c2ccc3c(c2)C(=O)c2ccccc2[C@@H]2[C@H](C(=O)O)[C@H](C(=O)O)[C@H]32)cc1. The van der Waals surface area contributed by atoms with Crippen LogP contribution in [0, 0.1) is 11.8 Å². The van der Waals surface area contributed by atoms with E-state index < -0.39 is 35.6 Å². The van der Waals surface area contributed by atoms with E-state index in [0.29, 0.717) is 22.3 Å². The number of carbonyl (C=O) groups is 3. The zero-order valence-corrected chi connectivity index (χ0v) is 17.2. The average Bonchev–Trinajstić information content (AvgIpc) is 2.85. The van der Waals surface area contributed by atoms with Crippen LogP contribution in [0.3, 0.4) is 0 Å². The number of carboxylic acid groups (broad SMARTS) is 2. The van der Waals surface area contributed by atoms with Crippen LogP contribution in [-0.4, -0.2) is 35.0 Å². The Balaban J connectivity index is 1.70. The third-order valence-corrected chi connectivity index (χ3v) is 6.76. The highest BCUT2D eigenvalue weighted by molar-refractivity contribution is 6.13. The normalized spacial score (nSPS) is 23.1. The van der Waals surface area contributed by atoms with Crippen LogP contribution in [0.4, 0.5) is 0 Å². The van der Waals surface area contributed by atoms with E-state index in [4.69, 9.17) is 4.74 Å². The Hall–Kier alpha value is -3.93. The van der Waals surface area contributed by atoms with Gasteiger partial charge in [-0.1, -0.05) is 48.5 Å². The molecule has 0 saturated heterocycles. The number of fused-ring (bicyclic) bond motifs is 5. The average molecular weight is 428 g/mol. The number of carbonyl (C=O) groups excluding carboxylic acids is 1. The lowest BCUT2D eigenvalue weighted by Crippen LogP contribution is -2.51. The van der Waals surface area contributed by atoms with Crippen LogP contribution < -0.4 is 4.74 Å². The molecule has 6 heteroatoms. The lowest BCUT2D eigenvalue weighted by Gasteiger charge is -2.48. The monoisotopic (exact) mass is 428 g/mol. The van der Waals surface area contributed by atoms with Crippen molar-refractivity contribution in [3.8, 4) is 16.9 Å². The topological polar surface area (TPSA) is 101 Å². The van der Waals surface area contributed by atoms with Crippen molar-refractivity contribution < 1.29 is 29.3 Å². The molecule has 1 fully saturated rings. The van der Waals surface area contributed by atoms with Gasteiger partial charge < -0.3 is 14.9 Å². The number of ketones is 1. The van der Waals surface area contributed by atoms with Crippen molar-refractivity contribution >= 4 is 17.7 Å². The van der Waals surface area contributed by atoms with Gasteiger partial charge in [0.15, 0.2) is 5.78 Å². The molecule has 0 aliphatic heterocycles. The molecular weight excluding hydrogens is 408 g/mol. The Morgan fingerprint density at radius 1 is 0.750 bits per heavy atom. The van der Waals surface area contributed by atoms with Crippen molar-refractivity contribution in [2.75, 3.05) is 7.11 Å². The van der Waals surface area contributed by atoms with Gasteiger partial charge in [0, 0.05) is 23.0 Å². The summed E-state index contributed by atoms with van der Waals surface area (Å²) in [5, 5.41) is 19.6. The highest BCUT2D eigenvalue weighted by Crippen LogP contribution is 2.60. The Morgan fingerprint density at radius 3 is 1.91 bits per heavy atom. The van der Waals surface area contributed by atoms with Gasteiger partial charge >= 0.3 is 11.9 Å². The van der Waals surface area contributed by atoms with Crippen LogP contribution in [0.15, 0.2) is 66.7 Å². The molecule has 5 rings (SSSR count). The second kappa shape index (κ2) is 7.34. The minimum Gasteiger partial charge on any atom is -0.497 e. The van der Waals surface area contributed by atoms with Gasteiger partial charge in [-0.3, -0.25) is 14.4 Å². The summed E-state index contributed by atoms with van der Waals surface area (Å²) >= 11 is 0. The number of benzene rings is 3. The fourth-order valence-corrected chi connectivity index (χ4v) is 5.28. The maximum Gasteiger partial charge on any atom is 0.308 e. The zero-order valence-electron chi connectivity index (χ0n) is 17.2. The molecule has 6 nitrogen and oxygen atoms in total. The number of methoxy groups -OCH3 is 1. The number of ether oxygens (including phenoxy) is 1. The fraction of sp³-hybridized carbons (Fsp3) is 0.192. The minimum absolute atomic E-state index is 0.214. The molecule has 2 N–H and O–H groups in total. The molecule has 32 heavy (non-hydrogen) atoms. The lowest BCUT2D eigenvalue weighted by atomic mass is 9.52. The van der Waals surface area contributed by atoms with Gasteiger partial charge in [0.2, 0.25) is 0 Å². The summed E-state index contributed by atoms with van der Waals surface area (Å²) in [4.78, 5) is 37.6. The van der Waals surface area contributed by atoms with Crippen molar-refractivity contribution in [3.05, 3.63) is 89.0 Å². The number of hydrogen-bond acceptors (Lipinski definition) is 4. The van der Waals surface area contributed by atoms with Crippen LogP contribution in [0.1, 0.15) is 38.9 Å². The highest BCUT2D eigenvalue weighted by atomic mass is 16.5. The number of carboxylic acids is 2. The number of hydrogen-bond donors (Lipinski definition) is 2. The summed E-state index contributed by atoms with van der Waals surface area (Å²) in [6.07, 6.45) is 0. The van der Waals surface area contributed by atoms with Crippen LogP contribution in [0.2, 0.25) is 0 Å². The second-order valence-electron chi connectivity index (χ2n) is 8.23. The predicted octanol–water partition coefficient (Wildman–Crippen LogP) is 4.19. The smallest absolute Gasteiger partial charge is 0.308 e. The second-order valence-corrected chi connectivity index (χ2v) is 8.23. The van der Waals surface area contributed by atoms with E-state index in [1.54, 1.807) is 43.5 Å². The molecule has 2 aliphatic rings. The summed E-state index contributed by atoms with van der Waals surface area (Å²) < 4.78 is 5.21. The third kappa shape index (κ3) is 2.83. The van der Waals surface area contributed by atoms with E-state index in [2.05, 4.69) is 0 Å². The quantitative estimate of drug-likeness (QED) is 0.646. The maximum absolute atomic E-state index is 13.6. The summed E-state index contributed by atoms with van der Waals surface area (Å²) in [5.41, 5.74) is 3.77. The molecule has 3 aromatic rings. The molecule has 0 radical (unpaired) electrons. The molecule has 1 saturated carbocycles. The van der Waals surface area contributed by atoms with E-state index in [9.17, 15) is 24.6 Å². The van der Waals surface area contributed by atoms with E-state index >= 15 is 0 Å². The molecular formula is C26H20O6. The van der Waals surface area contributed by atoms with Gasteiger partial charge in [-0.05, 0) is 40.5 Å². The molecule has 0 bridgehead atoms. The summed E-state index contributed by atoms with van der Waals surface area (Å²) in [5.74, 6) is -5.14. The molecule has 2 aliphatic carbocycles. The molecule has 0 aromatic heterocycles. The maximum atomic E-state index is 13.6. The highest BCUT2D eigenvalue weighted by Gasteiger charge is 2.60. The van der Waals surface area contributed by atoms with E-state index in [-0.39, 0.29) is 5.78 Å². The van der Waals surface area contributed by atoms with Crippen LogP contribution in [0.25, 0.3) is 11.1 Å². The zero-order chi connectivity index (χ0) is 22.6. The van der Waals surface area contributed by atoms with Crippen molar-refractivity contribution in [1.29, 1.82) is 0 Å². The van der Waals surface area contributed by atoms with Gasteiger partial charge in [0.25, 0.3) is 0 Å². The molecule has 0 heterocycles. The molecule has 0 unspecified atom stereocenters. The third-order valence-electron chi connectivity index (χ3n) is 6.76. The molecule has 3 aromatic carbocycles. The van der Waals surface area contributed by atoms with Crippen molar-refractivity contribution in [2.24, 2.45) is 11.8 Å². The van der Waals surface area contributed by atoms with Gasteiger partial charge in [0.1, 0.15) is 5.75 Å². The molecule has 160 valence electrons. The first-order valence-corrected chi connectivity index (χ1v) is 10.3. The largest absolute Gasteiger partial charge is 0.497 e. The van der Waals surface area contributed by atoms with Gasteiger partial charge in [-0.2, -0.15) is 0 Å². The predicted molar refractivity (Wildman–Crippen MR) is 116 cm³/mol. The lowest BCUT2D eigenvalue weighted by molar-refractivity contribution is -0.164. The van der Waals surface area contributed by atoms with E-state index in [1.165, 1.54) is 0 Å². The molecule has 0 spiro atoms. The minimum atomic E-state index is -1.16. The first-order valence-electron chi connectivity index (χ1n) is 10.3. The first kappa shape index (κ1) is 20.0. The first-order chi connectivity index (χ1) is 15.4. The van der Waals surface area contributed by atoms with E-state index in [1.807, 2.05) is 30.3 Å². The van der Waals surface area contributed by atoms with Crippen LogP contribution in [0.5, 0.6) is 5.75 Å². The van der Waals surface area contributed by atoms with E-state index in [0.717, 1.165) is 16.9 Å². The summed E-state index contributed by atoms with van der Waals surface area (Å²) in [6, 6.07) is 19.8. The number of aliphatic carboxylic acids is 2. The van der Waals surface area contributed by atoms with Gasteiger partial charge in [-0.15, -0.1) is 0 Å². The Labute approximate surface area is 184 Å². The van der Waals surface area contributed by atoms with Gasteiger partial charge in [0.05, 0.1) is 18.9 Å². The fourth-order valence-electron chi connectivity index (χ4n) is 5.28. The Kier molecular flexibility index (Phi) is 4.59. The molecule has 4 atom stereocenters. The summed E-state index contributed by atoms with van der Waals surface area (Å²) in [6.45, 7) is 0. The standard InChI is InChI=1S/C26H20O6/c1-32-15-9-6-13(7-10-15)14-8-11-17-19(12-14)24(27)18-5-3-2-4-16(18)20-21(17)23(26(30)31)22(20)25(28)29/h2-12,20-23H,1H3,(H,28,29)(H,30,31)/t20-,21+,22-,23+/m0/s1. The van der Waals surface area contributed by atoms with Crippen molar-refractivity contribution in [1.82, 2.24) is 0 Å². The van der Waals surface area contributed by atoms with Crippen LogP contribution >= 0.6 is 0 Å². The Bertz CT molecular complexity index is 1260. The molecule has 0 amide bonds. The van der Waals surface area contributed by atoms with Crippen molar-refractivity contribution in [2.45, 2.75) is 11.8 Å². The van der Waals surface area contributed by atoms with Gasteiger partial charge in [-0.25, -0.2) is 0 Å².